The van der Waals surface area contributed by atoms with E-state index < -0.39 is 17.7 Å². The molecule has 0 radical (unpaired) electrons. The number of aromatic amines is 1. The number of aliphatic hydroxyl groups excluding tert-OH is 1. The molecule has 4 bridgehead atoms. The van der Waals surface area contributed by atoms with E-state index in [0.717, 1.165) is 54.1 Å². The summed E-state index contributed by atoms with van der Waals surface area (Å²) in [5.41, 5.74) is 1.32. The lowest BCUT2D eigenvalue weighted by molar-refractivity contribution is -0.128. The maximum Gasteiger partial charge on any atom is 0.408 e. The number of amides is 2. The zero-order valence-corrected chi connectivity index (χ0v) is 22.4. The summed E-state index contributed by atoms with van der Waals surface area (Å²) in [6, 6.07) is 16.9. The molecule has 4 aliphatic carbocycles. The Balaban J connectivity index is 1.19. The lowest BCUT2D eigenvalue weighted by Crippen LogP contribution is -2.61. The minimum Gasteiger partial charge on any atom is -0.446 e. The van der Waals surface area contributed by atoms with Crippen LogP contribution in [0.3, 0.4) is 0 Å². The van der Waals surface area contributed by atoms with Gasteiger partial charge in [0.15, 0.2) is 0 Å². The molecule has 2 unspecified atom stereocenters. The van der Waals surface area contributed by atoms with Crippen LogP contribution in [0, 0.1) is 23.7 Å². The summed E-state index contributed by atoms with van der Waals surface area (Å²) in [5, 5.41) is 15.9. The summed E-state index contributed by atoms with van der Waals surface area (Å²) in [5.74, 6) is 2.60. The van der Waals surface area contributed by atoms with Crippen LogP contribution in [0.4, 0.5) is 4.79 Å². The number of alkyl carbamates (subject to hydrolysis) is 1. The zero-order chi connectivity index (χ0) is 27.0. The van der Waals surface area contributed by atoms with Crippen LogP contribution < -0.4 is 10.6 Å². The number of carbonyl (C=O) groups excluding carboxylic acids is 2. The van der Waals surface area contributed by atoms with Gasteiger partial charge in [-0.05, 0) is 86.8 Å². The highest BCUT2D eigenvalue weighted by atomic mass is 16.6. The standard InChI is InChI=1S/C31H38N4O4/c1-31(17-27-33-25-9-5-6-10-26(25)34-27,29(37)32-24(18-36)16-19-7-3-2-4-8-19)35-30(38)39-28-22-12-20-11-21(14-22)15-23(28)13-20/h2-10,20-24,28,36H,11-18H2,1H3,(H,32,37)(H,33,34)(H,35,38). The number of imidazole rings is 1. The normalized spacial score (nSPS) is 27.6. The number of hydrogen-bond donors (Lipinski definition) is 4. The molecule has 7 rings (SSSR count). The molecule has 8 nitrogen and oxygen atoms in total. The Bertz CT molecular complexity index is 1260. The van der Waals surface area contributed by atoms with Crippen LogP contribution in [0.25, 0.3) is 11.0 Å². The van der Waals surface area contributed by atoms with Crippen molar-refractivity contribution in [2.24, 2.45) is 23.7 Å². The Morgan fingerprint density at radius 2 is 1.69 bits per heavy atom. The number of ether oxygens (including phenoxy) is 1. The second-order valence-electron chi connectivity index (χ2n) is 12.2. The number of benzene rings is 2. The van der Waals surface area contributed by atoms with Crippen LogP contribution >= 0.6 is 0 Å². The maximum atomic E-state index is 13.8. The largest absolute Gasteiger partial charge is 0.446 e. The number of nitrogens with one attached hydrogen (secondary N) is 3. The Morgan fingerprint density at radius 1 is 1.03 bits per heavy atom. The number of para-hydroxylation sites is 2. The van der Waals surface area contributed by atoms with Crippen molar-refractivity contribution >= 4 is 23.0 Å². The molecule has 8 heteroatoms. The van der Waals surface area contributed by atoms with Gasteiger partial charge in [0.1, 0.15) is 17.5 Å². The Morgan fingerprint density at radius 3 is 2.36 bits per heavy atom. The van der Waals surface area contributed by atoms with Crippen molar-refractivity contribution in [2.45, 2.75) is 69.6 Å². The van der Waals surface area contributed by atoms with Gasteiger partial charge >= 0.3 is 6.09 Å². The summed E-state index contributed by atoms with van der Waals surface area (Å²) in [7, 11) is 0. The van der Waals surface area contributed by atoms with E-state index in [2.05, 4.69) is 20.6 Å². The van der Waals surface area contributed by atoms with Gasteiger partial charge < -0.3 is 25.5 Å². The van der Waals surface area contributed by atoms with Crippen molar-refractivity contribution in [1.29, 1.82) is 0 Å². The lowest BCUT2D eigenvalue weighted by Gasteiger charge is -2.53. The first-order valence-corrected chi connectivity index (χ1v) is 14.3. The molecular formula is C31H38N4O4. The van der Waals surface area contributed by atoms with Crippen molar-refractivity contribution in [2.75, 3.05) is 6.61 Å². The number of fused-ring (bicyclic) bond motifs is 1. The average molecular weight is 531 g/mol. The van der Waals surface area contributed by atoms with Gasteiger partial charge in [0.2, 0.25) is 5.91 Å². The molecule has 2 amide bonds. The highest BCUT2D eigenvalue weighted by molar-refractivity contribution is 5.90. The minimum atomic E-state index is -1.35. The third kappa shape index (κ3) is 5.53. The van der Waals surface area contributed by atoms with Gasteiger partial charge in [-0.1, -0.05) is 42.5 Å². The smallest absolute Gasteiger partial charge is 0.408 e. The molecule has 1 aromatic heterocycles. The third-order valence-corrected chi connectivity index (χ3v) is 9.10. The molecule has 39 heavy (non-hydrogen) atoms. The summed E-state index contributed by atoms with van der Waals surface area (Å²) in [4.78, 5) is 35.1. The summed E-state index contributed by atoms with van der Waals surface area (Å²) >= 11 is 0. The van der Waals surface area contributed by atoms with E-state index in [-0.39, 0.29) is 25.0 Å². The van der Waals surface area contributed by atoms with Crippen molar-refractivity contribution in [3.8, 4) is 0 Å². The molecule has 1 heterocycles. The summed E-state index contributed by atoms with van der Waals surface area (Å²) in [6.45, 7) is 1.48. The van der Waals surface area contributed by atoms with Crippen LogP contribution in [-0.4, -0.2) is 51.4 Å². The first kappa shape index (κ1) is 25.9. The molecule has 3 aromatic rings. The molecule has 0 spiro atoms. The van der Waals surface area contributed by atoms with E-state index in [0.29, 0.717) is 24.1 Å². The van der Waals surface area contributed by atoms with Crippen molar-refractivity contribution in [3.63, 3.8) is 0 Å². The fourth-order valence-corrected chi connectivity index (χ4v) is 7.46. The molecule has 4 N–H and O–H groups in total. The van der Waals surface area contributed by atoms with Crippen molar-refractivity contribution in [3.05, 3.63) is 66.0 Å². The summed E-state index contributed by atoms with van der Waals surface area (Å²) < 4.78 is 6.09. The van der Waals surface area contributed by atoms with E-state index in [9.17, 15) is 14.7 Å². The van der Waals surface area contributed by atoms with Crippen LogP contribution in [0.2, 0.25) is 0 Å². The molecule has 206 valence electrons. The van der Waals surface area contributed by atoms with E-state index in [1.54, 1.807) is 6.92 Å². The fourth-order valence-electron chi connectivity index (χ4n) is 7.46. The number of carbonyl (C=O) groups is 2. The lowest BCUT2D eigenvalue weighted by atomic mass is 9.55. The van der Waals surface area contributed by atoms with Gasteiger partial charge in [-0.2, -0.15) is 0 Å². The van der Waals surface area contributed by atoms with E-state index in [1.807, 2.05) is 54.6 Å². The predicted octanol–water partition coefficient (Wildman–Crippen LogP) is 4.13. The quantitative estimate of drug-likeness (QED) is 0.332. The molecule has 4 saturated carbocycles. The number of H-pyrrole nitrogens is 1. The van der Waals surface area contributed by atoms with Crippen molar-refractivity contribution in [1.82, 2.24) is 20.6 Å². The number of aliphatic hydroxyl groups is 1. The van der Waals surface area contributed by atoms with Gasteiger partial charge in [-0.3, -0.25) is 4.79 Å². The first-order chi connectivity index (χ1) is 18.9. The molecular weight excluding hydrogens is 492 g/mol. The number of hydrogen-bond acceptors (Lipinski definition) is 5. The Kier molecular flexibility index (Phi) is 7.06. The zero-order valence-electron chi connectivity index (χ0n) is 22.4. The maximum absolute atomic E-state index is 13.8. The van der Waals surface area contributed by atoms with Gasteiger partial charge in [0.05, 0.1) is 23.7 Å². The molecule has 0 aliphatic heterocycles. The van der Waals surface area contributed by atoms with Crippen LogP contribution in [0.15, 0.2) is 54.6 Å². The van der Waals surface area contributed by atoms with Gasteiger partial charge in [0.25, 0.3) is 0 Å². The van der Waals surface area contributed by atoms with E-state index >= 15 is 0 Å². The highest BCUT2D eigenvalue weighted by Gasteiger charge is 2.50. The number of rotatable bonds is 9. The van der Waals surface area contributed by atoms with Crippen LogP contribution in [-0.2, 0) is 22.4 Å². The molecule has 4 fully saturated rings. The van der Waals surface area contributed by atoms with Gasteiger partial charge in [-0.15, -0.1) is 0 Å². The molecule has 0 saturated heterocycles. The SMILES string of the molecule is CC(Cc1nc2ccccc2[nH]1)(NC(=O)OC1C2CC3CC(C2)CC1C3)C(=O)NC(CO)Cc1ccccc1. The first-order valence-electron chi connectivity index (χ1n) is 14.3. The number of aromatic nitrogens is 2. The number of nitrogens with zero attached hydrogens (tertiary/aromatic N) is 1. The minimum absolute atomic E-state index is 0.0837. The summed E-state index contributed by atoms with van der Waals surface area (Å²) in [6.07, 6.45) is 5.86. The van der Waals surface area contributed by atoms with Crippen LogP contribution in [0.1, 0.15) is 50.4 Å². The average Bonchev–Trinajstić information content (AvgIpc) is 3.32. The van der Waals surface area contributed by atoms with Gasteiger partial charge in [-0.25, -0.2) is 9.78 Å². The topological polar surface area (TPSA) is 116 Å². The monoisotopic (exact) mass is 530 g/mol. The van der Waals surface area contributed by atoms with E-state index in [4.69, 9.17) is 4.74 Å². The van der Waals surface area contributed by atoms with E-state index in [1.165, 1.54) is 6.42 Å². The molecule has 2 atom stereocenters. The fraction of sp³-hybridized carbons (Fsp3) is 0.516. The second-order valence-corrected chi connectivity index (χ2v) is 12.2. The molecule has 2 aromatic carbocycles. The van der Waals surface area contributed by atoms with Crippen molar-refractivity contribution < 1.29 is 19.4 Å². The Hall–Kier alpha value is -3.39. The van der Waals surface area contributed by atoms with Crippen LogP contribution in [0.5, 0.6) is 0 Å². The second kappa shape index (κ2) is 10.6. The predicted molar refractivity (Wildman–Crippen MR) is 148 cm³/mol. The molecule has 4 aliphatic rings. The van der Waals surface area contributed by atoms with Gasteiger partial charge in [0, 0.05) is 6.42 Å². The Labute approximate surface area is 228 Å². The third-order valence-electron chi connectivity index (χ3n) is 9.10. The highest BCUT2D eigenvalue weighted by Crippen LogP contribution is 2.54.